The monoisotopic (exact) mass is 226 g/mol. The van der Waals surface area contributed by atoms with Crippen LogP contribution in [0.4, 0.5) is 0 Å². The summed E-state index contributed by atoms with van der Waals surface area (Å²) in [5.74, 6) is 0.872. The Morgan fingerprint density at radius 2 is 2.00 bits per heavy atom. The molecule has 0 saturated carbocycles. The van der Waals surface area contributed by atoms with Crippen LogP contribution in [0.2, 0.25) is 0 Å². The smallest absolute Gasteiger partial charge is 0.00925 e. The molecule has 1 fully saturated rings. The molecule has 2 nitrogen and oxygen atoms in total. The van der Waals surface area contributed by atoms with Gasteiger partial charge in [-0.05, 0) is 63.6 Å². The van der Waals surface area contributed by atoms with Crippen molar-refractivity contribution in [2.24, 2.45) is 17.1 Å². The average molecular weight is 226 g/mol. The molecule has 2 unspecified atom stereocenters. The zero-order valence-electron chi connectivity index (χ0n) is 11.6. The molecule has 16 heavy (non-hydrogen) atoms. The molecule has 0 aromatic heterocycles. The molecule has 2 N–H and O–H groups in total. The van der Waals surface area contributed by atoms with E-state index in [1.54, 1.807) is 0 Å². The Hall–Kier alpha value is -0.0800. The summed E-state index contributed by atoms with van der Waals surface area (Å²) >= 11 is 0. The van der Waals surface area contributed by atoms with Gasteiger partial charge in [-0.15, -0.1) is 0 Å². The second kappa shape index (κ2) is 6.02. The SMILES string of the molecule is CC1CCCN(CCCC(C)(C)CN)C1C. The van der Waals surface area contributed by atoms with Crippen LogP contribution in [0.25, 0.3) is 0 Å². The lowest BCUT2D eigenvalue weighted by Gasteiger charge is -2.38. The van der Waals surface area contributed by atoms with Crippen molar-refractivity contribution in [3.63, 3.8) is 0 Å². The van der Waals surface area contributed by atoms with E-state index in [-0.39, 0.29) is 0 Å². The lowest BCUT2D eigenvalue weighted by atomic mass is 9.87. The predicted octanol–water partition coefficient (Wildman–Crippen LogP) is 2.87. The molecule has 1 saturated heterocycles. The molecule has 1 rings (SSSR count). The summed E-state index contributed by atoms with van der Waals surface area (Å²) in [5.41, 5.74) is 6.09. The van der Waals surface area contributed by atoms with Gasteiger partial charge in [0, 0.05) is 6.04 Å². The largest absolute Gasteiger partial charge is 0.330 e. The number of piperidine rings is 1. The van der Waals surface area contributed by atoms with Crippen molar-refractivity contribution in [3.8, 4) is 0 Å². The molecule has 0 amide bonds. The highest BCUT2D eigenvalue weighted by Crippen LogP contribution is 2.25. The number of hydrogen-bond donors (Lipinski definition) is 1. The summed E-state index contributed by atoms with van der Waals surface area (Å²) in [6.07, 6.45) is 5.33. The van der Waals surface area contributed by atoms with Crippen molar-refractivity contribution in [3.05, 3.63) is 0 Å². The van der Waals surface area contributed by atoms with Gasteiger partial charge in [0.15, 0.2) is 0 Å². The zero-order valence-corrected chi connectivity index (χ0v) is 11.6. The molecule has 0 aromatic carbocycles. The molecule has 0 aliphatic carbocycles. The van der Waals surface area contributed by atoms with E-state index in [9.17, 15) is 0 Å². The van der Waals surface area contributed by atoms with Crippen molar-refractivity contribution in [1.29, 1.82) is 0 Å². The van der Waals surface area contributed by atoms with Crippen LogP contribution in [0.3, 0.4) is 0 Å². The first-order valence-electron chi connectivity index (χ1n) is 6.90. The van der Waals surface area contributed by atoms with Gasteiger partial charge in [-0.1, -0.05) is 20.8 Å². The molecule has 0 bridgehead atoms. The van der Waals surface area contributed by atoms with Crippen molar-refractivity contribution in [2.75, 3.05) is 19.6 Å². The maximum Gasteiger partial charge on any atom is 0.00925 e. The lowest BCUT2D eigenvalue weighted by Crippen LogP contribution is -2.43. The molecular formula is C14H30N2. The van der Waals surface area contributed by atoms with Gasteiger partial charge in [-0.25, -0.2) is 0 Å². The van der Waals surface area contributed by atoms with E-state index in [4.69, 9.17) is 5.73 Å². The van der Waals surface area contributed by atoms with Crippen LogP contribution < -0.4 is 5.73 Å². The number of nitrogens with two attached hydrogens (primary N) is 1. The maximum absolute atomic E-state index is 5.76. The van der Waals surface area contributed by atoms with Crippen molar-refractivity contribution < 1.29 is 0 Å². The summed E-state index contributed by atoms with van der Waals surface area (Å²) < 4.78 is 0. The van der Waals surface area contributed by atoms with E-state index in [1.165, 1.54) is 38.8 Å². The highest BCUT2D eigenvalue weighted by Gasteiger charge is 2.24. The lowest BCUT2D eigenvalue weighted by molar-refractivity contribution is 0.108. The highest BCUT2D eigenvalue weighted by molar-refractivity contribution is 4.79. The van der Waals surface area contributed by atoms with E-state index in [1.807, 2.05) is 0 Å². The molecular weight excluding hydrogens is 196 g/mol. The minimum atomic E-state index is 0.324. The second-order valence-corrected chi connectivity index (χ2v) is 6.37. The molecule has 0 radical (unpaired) electrons. The van der Waals surface area contributed by atoms with Gasteiger partial charge in [-0.3, -0.25) is 0 Å². The molecule has 96 valence electrons. The summed E-state index contributed by atoms with van der Waals surface area (Å²) in [4.78, 5) is 2.67. The topological polar surface area (TPSA) is 29.3 Å². The molecule has 2 atom stereocenters. The van der Waals surface area contributed by atoms with Crippen molar-refractivity contribution >= 4 is 0 Å². The predicted molar refractivity (Wildman–Crippen MR) is 71.5 cm³/mol. The summed E-state index contributed by atoms with van der Waals surface area (Å²) in [5, 5.41) is 0. The Labute approximate surface area is 102 Å². The van der Waals surface area contributed by atoms with Crippen LogP contribution in [-0.4, -0.2) is 30.6 Å². The minimum absolute atomic E-state index is 0.324. The number of likely N-dealkylation sites (tertiary alicyclic amines) is 1. The van der Waals surface area contributed by atoms with Crippen LogP contribution in [0.5, 0.6) is 0 Å². The fourth-order valence-corrected chi connectivity index (χ4v) is 2.60. The average Bonchev–Trinajstić information content (AvgIpc) is 2.24. The van der Waals surface area contributed by atoms with E-state index < -0.39 is 0 Å². The van der Waals surface area contributed by atoms with E-state index in [0.717, 1.165) is 18.5 Å². The first-order valence-corrected chi connectivity index (χ1v) is 6.90. The van der Waals surface area contributed by atoms with Crippen molar-refractivity contribution in [1.82, 2.24) is 4.90 Å². The maximum atomic E-state index is 5.76. The third kappa shape index (κ3) is 4.06. The van der Waals surface area contributed by atoms with Gasteiger partial charge in [0.2, 0.25) is 0 Å². The third-order valence-corrected chi connectivity index (χ3v) is 4.36. The van der Waals surface area contributed by atoms with Crippen molar-refractivity contribution in [2.45, 2.75) is 59.4 Å². The molecule has 1 aliphatic heterocycles. The first-order chi connectivity index (χ1) is 7.46. The Morgan fingerprint density at radius 3 is 2.62 bits per heavy atom. The molecule has 1 heterocycles. The van der Waals surface area contributed by atoms with Crippen LogP contribution >= 0.6 is 0 Å². The van der Waals surface area contributed by atoms with Crippen LogP contribution in [0, 0.1) is 11.3 Å². The van der Waals surface area contributed by atoms with Crippen LogP contribution in [0.15, 0.2) is 0 Å². The first kappa shape index (κ1) is 14.0. The number of rotatable bonds is 5. The summed E-state index contributed by atoms with van der Waals surface area (Å²) in [6.45, 7) is 12.7. The Kier molecular flexibility index (Phi) is 5.26. The van der Waals surface area contributed by atoms with E-state index >= 15 is 0 Å². The number of hydrogen-bond acceptors (Lipinski definition) is 2. The third-order valence-electron chi connectivity index (χ3n) is 4.36. The van der Waals surface area contributed by atoms with E-state index in [0.29, 0.717) is 5.41 Å². The van der Waals surface area contributed by atoms with Gasteiger partial charge in [-0.2, -0.15) is 0 Å². The van der Waals surface area contributed by atoms with Crippen LogP contribution in [0.1, 0.15) is 53.4 Å². The van der Waals surface area contributed by atoms with Gasteiger partial charge in [0.05, 0.1) is 0 Å². The standard InChI is InChI=1S/C14H30N2/c1-12-7-5-9-16(13(12)2)10-6-8-14(3,4)11-15/h12-13H,5-11,15H2,1-4H3. The fourth-order valence-electron chi connectivity index (χ4n) is 2.60. The minimum Gasteiger partial charge on any atom is -0.330 e. The van der Waals surface area contributed by atoms with Gasteiger partial charge in [0.25, 0.3) is 0 Å². The zero-order chi connectivity index (χ0) is 12.2. The fraction of sp³-hybridized carbons (Fsp3) is 1.00. The highest BCUT2D eigenvalue weighted by atomic mass is 15.2. The number of nitrogens with zero attached hydrogens (tertiary/aromatic N) is 1. The Balaban J connectivity index is 2.27. The Morgan fingerprint density at radius 1 is 1.31 bits per heavy atom. The molecule has 2 heteroatoms. The second-order valence-electron chi connectivity index (χ2n) is 6.37. The van der Waals surface area contributed by atoms with Gasteiger partial charge < -0.3 is 10.6 Å². The van der Waals surface area contributed by atoms with Gasteiger partial charge >= 0.3 is 0 Å². The van der Waals surface area contributed by atoms with Crippen LogP contribution in [-0.2, 0) is 0 Å². The van der Waals surface area contributed by atoms with Gasteiger partial charge in [0.1, 0.15) is 0 Å². The quantitative estimate of drug-likeness (QED) is 0.781. The summed E-state index contributed by atoms with van der Waals surface area (Å²) in [6, 6.07) is 0.773. The molecule has 0 spiro atoms. The van der Waals surface area contributed by atoms with E-state index in [2.05, 4.69) is 32.6 Å². The Bertz CT molecular complexity index is 201. The normalized spacial score (nSPS) is 28.3. The summed E-state index contributed by atoms with van der Waals surface area (Å²) in [7, 11) is 0. The molecule has 0 aromatic rings. The molecule has 1 aliphatic rings.